The fourth-order valence-electron chi connectivity index (χ4n) is 5.09. The number of aliphatic hydroxyl groups is 5. The maximum atomic E-state index is 12.4. The van der Waals surface area contributed by atoms with E-state index in [2.05, 4.69) is 0 Å². The first kappa shape index (κ1) is 22.3. The summed E-state index contributed by atoms with van der Waals surface area (Å²) in [6, 6.07) is 1.71. The van der Waals surface area contributed by atoms with Gasteiger partial charge in [0.2, 0.25) is 5.76 Å². The van der Waals surface area contributed by atoms with Gasteiger partial charge >= 0.3 is 5.97 Å². The van der Waals surface area contributed by atoms with Crippen molar-refractivity contribution in [3.63, 3.8) is 0 Å². The fourth-order valence-corrected chi connectivity index (χ4v) is 5.09. The average Bonchev–Trinajstić information content (AvgIpc) is 3.27. The first-order valence-corrected chi connectivity index (χ1v) is 10.3. The van der Waals surface area contributed by atoms with Crippen molar-refractivity contribution in [2.24, 2.45) is 11.3 Å². The Morgan fingerprint density at radius 2 is 1.97 bits per heavy atom. The third-order valence-corrected chi connectivity index (χ3v) is 6.83. The summed E-state index contributed by atoms with van der Waals surface area (Å²) in [5.41, 5.74) is 0.466. The number of furan rings is 1. The van der Waals surface area contributed by atoms with Gasteiger partial charge in [-0.2, -0.15) is 0 Å². The fraction of sp³-hybridized carbons (Fsp3) is 0.667. The first-order chi connectivity index (χ1) is 14.7. The molecule has 2 unspecified atom stereocenters. The molecule has 172 valence electrons. The molecule has 2 fully saturated rings. The van der Waals surface area contributed by atoms with Crippen LogP contribution in [0.2, 0.25) is 0 Å². The van der Waals surface area contributed by atoms with Crippen LogP contribution < -0.4 is 0 Å². The van der Waals surface area contributed by atoms with Gasteiger partial charge in [0, 0.05) is 16.9 Å². The number of cyclic esters (lactones) is 1. The molecule has 9 atom stereocenters. The summed E-state index contributed by atoms with van der Waals surface area (Å²) in [5.74, 6) is -1.75. The highest BCUT2D eigenvalue weighted by Crippen LogP contribution is 2.56. The van der Waals surface area contributed by atoms with E-state index < -0.39 is 72.6 Å². The lowest BCUT2D eigenvalue weighted by molar-refractivity contribution is -0.316. The lowest BCUT2D eigenvalue weighted by Crippen LogP contribution is -2.60. The second-order valence-corrected chi connectivity index (χ2v) is 8.72. The van der Waals surface area contributed by atoms with Gasteiger partial charge in [-0.05, 0) is 24.5 Å². The van der Waals surface area contributed by atoms with Gasteiger partial charge in [0.1, 0.15) is 30.5 Å². The molecule has 5 N–H and O–H groups in total. The standard InChI is InChI=1S/C21H28O10/c1-9-11(29-20-17(26)16(25)14(23)12(7-22)30-20)3-5-21(2)13(9)15(24)19(27)31-18(21)10-4-6-28-8-10/h4,6,8-9,11-12,14,16-18,20,22-26H,3,5,7H2,1-2H3/t9?,11?,12-,14-,16+,17-,18+,20-,21-/m1/s1. The van der Waals surface area contributed by atoms with Gasteiger partial charge in [-0.25, -0.2) is 4.79 Å². The molecule has 0 spiro atoms. The number of rotatable bonds is 4. The minimum atomic E-state index is -1.55. The Hall–Kier alpha value is -1.95. The molecule has 31 heavy (non-hydrogen) atoms. The zero-order chi connectivity index (χ0) is 22.5. The molecule has 3 aliphatic rings. The highest BCUT2D eigenvalue weighted by atomic mass is 16.7. The van der Waals surface area contributed by atoms with Gasteiger partial charge in [0.05, 0.1) is 25.2 Å². The lowest BCUT2D eigenvalue weighted by atomic mass is 9.61. The third kappa shape index (κ3) is 3.57. The van der Waals surface area contributed by atoms with Crippen molar-refractivity contribution in [3.8, 4) is 0 Å². The number of aliphatic hydroxyl groups excluding tert-OH is 5. The van der Waals surface area contributed by atoms with Crippen LogP contribution in [0.5, 0.6) is 0 Å². The Balaban J connectivity index is 1.59. The Labute approximate surface area is 178 Å². The molecule has 2 aliphatic heterocycles. The lowest BCUT2D eigenvalue weighted by Gasteiger charge is -2.50. The van der Waals surface area contributed by atoms with Crippen molar-refractivity contribution in [1.82, 2.24) is 0 Å². The molecule has 0 aromatic carbocycles. The maximum absolute atomic E-state index is 12.4. The van der Waals surface area contributed by atoms with Gasteiger partial charge in [0.15, 0.2) is 6.29 Å². The molecule has 1 aromatic rings. The van der Waals surface area contributed by atoms with Crippen LogP contribution in [0.1, 0.15) is 38.4 Å². The van der Waals surface area contributed by atoms with Gasteiger partial charge in [-0.1, -0.05) is 13.8 Å². The molecule has 0 radical (unpaired) electrons. The molecule has 3 heterocycles. The summed E-state index contributed by atoms with van der Waals surface area (Å²) in [6.07, 6.45) is -4.20. The molecule has 1 saturated carbocycles. The number of carbonyl (C=O) groups is 1. The summed E-state index contributed by atoms with van der Waals surface area (Å²) in [7, 11) is 0. The van der Waals surface area contributed by atoms with Crippen LogP contribution in [-0.2, 0) is 19.0 Å². The molecule has 4 rings (SSSR count). The number of hydrogen-bond donors (Lipinski definition) is 5. The Kier molecular flexibility index (Phi) is 5.88. The molecule has 1 aliphatic carbocycles. The predicted octanol–water partition coefficient (Wildman–Crippen LogP) is 0.311. The quantitative estimate of drug-likeness (QED) is 0.412. The van der Waals surface area contributed by atoms with E-state index in [0.717, 1.165) is 0 Å². The van der Waals surface area contributed by atoms with Crippen molar-refractivity contribution in [2.45, 2.75) is 69.6 Å². The van der Waals surface area contributed by atoms with E-state index >= 15 is 0 Å². The summed E-state index contributed by atoms with van der Waals surface area (Å²) >= 11 is 0. The summed E-state index contributed by atoms with van der Waals surface area (Å²) in [4.78, 5) is 12.4. The molecular weight excluding hydrogens is 412 g/mol. The van der Waals surface area contributed by atoms with Gasteiger partial charge < -0.3 is 44.2 Å². The largest absolute Gasteiger partial charge is 0.502 e. The van der Waals surface area contributed by atoms with Crippen LogP contribution in [0.3, 0.4) is 0 Å². The first-order valence-electron chi connectivity index (χ1n) is 10.3. The number of ether oxygens (including phenoxy) is 3. The van der Waals surface area contributed by atoms with E-state index in [-0.39, 0.29) is 0 Å². The normalized spacial score (nSPS) is 43.5. The predicted molar refractivity (Wildman–Crippen MR) is 102 cm³/mol. The minimum absolute atomic E-state index is 0.451. The van der Waals surface area contributed by atoms with Crippen LogP contribution in [0.15, 0.2) is 34.3 Å². The Morgan fingerprint density at radius 3 is 2.61 bits per heavy atom. The van der Waals surface area contributed by atoms with Crippen LogP contribution in [-0.4, -0.2) is 74.9 Å². The van der Waals surface area contributed by atoms with Crippen LogP contribution in [0, 0.1) is 11.3 Å². The van der Waals surface area contributed by atoms with Crippen molar-refractivity contribution >= 4 is 5.97 Å². The third-order valence-electron chi connectivity index (χ3n) is 6.83. The summed E-state index contributed by atoms with van der Waals surface area (Å²) in [6.45, 7) is 3.14. The maximum Gasteiger partial charge on any atom is 0.374 e. The van der Waals surface area contributed by atoms with E-state index in [1.165, 1.54) is 12.5 Å². The van der Waals surface area contributed by atoms with Crippen molar-refractivity contribution < 1.29 is 49.0 Å². The molecule has 1 saturated heterocycles. The summed E-state index contributed by atoms with van der Waals surface area (Å²) < 4.78 is 22.1. The second kappa shape index (κ2) is 8.19. The molecule has 0 amide bonds. The number of hydrogen-bond acceptors (Lipinski definition) is 10. The monoisotopic (exact) mass is 440 g/mol. The highest BCUT2D eigenvalue weighted by Gasteiger charge is 2.55. The van der Waals surface area contributed by atoms with E-state index in [9.17, 15) is 30.3 Å². The molecule has 10 heteroatoms. The van der Waals surface area contributed by atoms with Crippen molar-refractivity contribution in [1.29, 1.82) is 0 Å². The molecular formula is C21H28O10. The summed E-state index contributed by atoms with van der Waals surface area (Å²) in [5, 5.41) is 50.2. The van der Waals surface area contributed by atoms with Crippen molar-refractivity contribution in [2.75, 3.05) is 6.61 Å². The molecule has 1 aromatic heterocycles. The molecule has 0 bridgehead atoms. The van der Waals surface area contributed by atoms with Gasteiger partial charge in [0.25, 0.3) is 0 Å². The topological polar surface area (TPSA) is 159 Å². The molecule has 10 nitrogen and oxygen atoms in total. The number of carbonyl (C=O) groups excluding carboxylic acids is 1. The number of esters is 1. The zero-order valence-electron chi connectivity index (χ0n) is 17.2. The van der Waals surface area contributed by atoms with Gasteiger partial charge in [-0.3, -0.25) is 0 Å². The van der Waals surface area contributed by atoms with E-state index in [1.807, 2.05) is 6.92 Å². The van der Waals surface area contributed by atoms with Crippen LogP contribution >= 0.6 is 0 Å². The van der Waals surface area contributed by atoms with Gasteiger partial charge in [-0.15, -0.1) is 0 Å². The highest BCUT2D eigenvalue weighted by molar-refractivity contribution is 5.88. The minimum Gasteiger partial charge on any atom is -0.502 e. The average molecular weight is 440 g/mol. The smallest absolute Gasteiger partial charge is 0.374 e. The Bertz CT molecular complexity index is 833. The second-order valence-electron chi connectivity index (χ2n) is 8.72. The zero-order valence-corrected chi connectivity index (χ0v) is 17.2. The van der Waals surface area contributed by atoms with Crippen LogP contribution in [0.25, 0.3) is 0 Å². The van der Waals surface area contributed by atoms with Crippen LogP contribution in [0.4, 0.5) is 0 Å². The van der Waals surface area contributed by atoms with E-state index in [1.54, 1.807) is 13.0 Å². The Morgan fingerprint density at radius 1 is 1.23 bits per heavy atom. The number of fused-ring (bicyclic) bond motifs is 1. The van der Waals surface area contributed by atoms with Crippen molar-refractivity contribution in [3.05, 3.63) is 35.5 Å². The van der Waals surface area contributed by atoms with E-state index in [0.29, 0.717) is 24.0 Å². The SMILES string of the molecule is CC1C2=C(O)C(=O)O[C@@H](c3ccoc3)[C@]2(C)CCC1O[C@@H]1O[C@H](CO)[C@@H](O)[C@H](O)[C@H]1O. The van der Waals surface area contributed by atoms with E-state index in [4.69, 9.17) is 18.6 Å².